The van der Waals surface area contributed by atoms with Crippen molar-refractivity contribution in [1.82, 2.24) is 10.2 Å². The summed E-state index contributed by atoms with van der Waals surface area (Å²) < 4.78 is 0. The molecule has 0 unspecified atom stereocenters. The highest BCUT2D eigenvalue weighted by Crippen LogP contribution is 2.25. The van der Waals surface area contributed by atoms with E-state index in [2.05, 4.69) is 5.32 Å². The van der Waals surface area contributed by atoms with Crippen LogP contribution in [-0.2, 0) is 9.59 Å². The summed E-state index contributed by atoms with van der Waals surface area (Å²) >= 11 is 5.72. The summed E-state index contributed by atoms with van der Waals surface area (Å²) in [5, 5.41) is 13.5. The zero-order valence-corrected chi connectivity index (χ0v) is 13.8. The molecule has 1 fully saturated rings. The molecule has 1 N–H and O–H groups in total. The van der Waals surface area contributed by atoms with Crippen molar-refractivity contribution in [2.24, 2.45) is 0 Å². The van der Waals surface area contributed by atoms with E-state index < -0.39 is 4.92 Å². The normalized spacial score (nSPS) is 14.1. The van der Waals surface area contributed by atoms with Crippen LogP contribution in [0.15, 0.2) is 24.3 Å². The first-order valence-corrected chi connectivity index (χ1v) is 8.03. The van der Waals surface area contributed by atoms with Gasteiger partial charge in [-0.15, -0.1) is 0 Å². The minimum Gasteiger partial charge on any atom is -0.352 e. The van der Waals surface area contributed by atoms with Crippen molar-refractivity contribution in [2.45, 2.75) is 19.3 Å². The fourth-order valence-electron chi connectivity index (χ4n) is 2.42. The van der Waals surface area contributed by atoms with E-state index in [1.165, 1.54) is 24.3 Å². The Kier molecular flexibility index (Phi) is 6.31. The van der Waals surface area contributed by atoms with Crippen molar-refractivity contribution < 1.29 is 14.5 Å². The number of hydrogen-bond acceptors (Lipinski definition) is 4. The van der Waals surface area contributed by atoms with E-state index in [0.29, 0.717) is 5.56 Å². The number of carbonyl (C=O) groups is 2. The average Bonchev–Trinajstić information content (AvgIpc) is 3.08. The fourth-order valence-corrected chi connectivity index (χ4v) is 2.61. The molecule has 1 aromatic rings. The Balaban J connectivity index is 1.81. The maximum atomic E-state index is 11.8. The van der Waals surface area contributed by atoms with Crippen LogP contribution in [-0.4, -0.2) is 41.3 Å². The van der Waals surface area contributed by atoms with Crippen molar-refractivity contribution in [3.63, 3.8) is 0 Å². The first kappa shape index (κ1) is 17.9. The van der Waals surface area contributed by atoms with Gasteiger partial charge in [0, 0.05) is 38.2 Å². The van der Waals surface area contributed by atoms with Gasteiger partial charge in [-0.05, 0) is 30.5 Å². The van der Waals surface area contributed by atoms with Crippen LogP contribution in [0.4, 0.5) is 5.69 Å². The van der Waals surface area contributed by atoms with E-state index in [4.69, 9.17) is 11.6 Å². The van der Waals surface area contributed by atoms with Gasteiger partial charge in [0.25, 0.3) is 5.69 Å². The molecular formula is C16H18ClN3O4. The standard InChI is InChI=1S/C16H18ClN3O4/c17-13-5-3-12(11-14(13)20(23)24)4-6-15(21)18-8-7-16(22)19-9-1-2-10-19/h3-6,11H,1-2,7-10H2,(H,18,21). The Bertz CT molecular complexity index is 669. The second-order valence-electron chi connectivity index (χ2n) is 5.43. The van der Waals surface area contributed by atoms with Crippen LogP contribution in [0.1, 0.15) is 24.8 Å². The average molecular weight is 352 g/mol. The summed E-state index contributed by atoms with van der Waals surface area (Å²) in [6.45, 7) is 1.85. The first-order chi connectivity index (χ1) is 11.5. The van der Waals surface area contributed by atoms with E-state index in [9.17, 15) is 19.7 Å². The molecule has 1 aliphatic rings. The zero-order valence-electron chi connectivity index (χ0n) is 13.0. The Morgan fingerprint density at radius 3 is 2.71 bits per heavy atom. The Hall–Kier alpha value is -2.41. The minimum atomic E-state index is -0.580. The van der Waals surface area contributed by atoms with Crippen LogP contribution in [0, 0.1) is 10.1 Å². The van der Waals surface area contributed by atoms with Crippen molar-refractivity contribution in [2.75, 3.05) is 19.6 Å². The predicted molar refractivity (Wildman–Crippen MR) is 90.6 cm³/mol. The molecule has 2 amide bonds. The number of carbonyl (C=O) groups excluding carboxylic acids is 2. The highest BCUT2D eigenvalue weighted by molar-refractivity contribution is 6.32. The lowest BCUT2D eigenvalue weighted by molar-refractivity contribution is -0.384. The number of halogens is 1. The van der Waals surface area contributed by atoms with Gasteiger partial charge in [0.2, 0.25) is 11.8 Å². The maximum Gasteiger partial charge on any atom is 0.288 e. The van der Waals surface area contributed by atoms with Gasteiger partial charge in [-0.1, -0.05) is 17.7 Å². The van der Waals surface area contributed by atoms with E-state index in [-0.39, 0.29) is 35.5 Å². The predicted octanol–water partition coefficient (Wildman–Crippen LogP) is 2.39. The number of nitrogens with zero attached hydrogens (tertiary/aromatic N) is 2. The monoisotopic (exact) mass is 351 g/mol. The summed E-state index contributed by atoms with van der Waals surface area (Å²) in [4.78, 5) is 35.6. The van der Waals surface area contributed by atoms with Gasteiger partial charge < -0.3 is 10.2 Å². The number of nitro groups is 1. The Morgan fingerprint density at radius 2 is 2.04 bits per heavy atom. The van der Waals surface area contributed by atoms with E-state index >= 15 is 0 Å². The molecule has 8 heteroatoms. The third kappa shape index (κ3) is 5.06. The first-order valence-electron chi connectivity index (χ1n) is 7.65. The van der Waals surface area contributed by atoms with Gasteiger partial charge in [0.1, 0.15) is 5.02 Å². The summed E-state index contributed by atoms with van der Waals surface area (Å²) in [6, 6.07) is 4.28. The van der Waals surface area contributed by atoms with Gasteiger partial charge in [0.15, 0.2) is 0 Å². The fraction of sp³-hybridized carbons (Fsp3) is 0.375. The second-order valence-corrected chi connectivity index (χ2v) is 5.84. The van der Waals surface area contributed by atoms with Crippen molar-refractivity contribution >= 4 is 35.2 Å². The molecule has 0 saturated carbocycles. The van der Waals surface area contributed by atoms with Crippen LogP contribution in [0.3, 0.4) is 0 Å². The van der Waals surface area contributed by atoms with Crippen LogP contribution in [0.2, 0.25) is 5.02 Å². The number of nitrogens with one attached hydrogen (secondary N) is 1. The molecule has 1 saturated heterocycles. The van der Waals surface area contributed by atoms with Gasteiger partial charge in [-0.3, -0.25) is 19.7 Å². The molecule has 1 aromatic carbocycles. The molecule has 0 radical (unpaired) electrons. The van der Waals surface area contributed by atoms with Crippen molar-refractivity contribution in [1.29, 1.82) is 0 Å². The van der Waals surface area contributed by atoms with Crippen LogP contribution < -0.4 is 5.32 Å². The number of hydrogen-bond donors (Lipinski definition) is 1. The van der Waals surface area contributed by atoms with Gasteiger partial charge >= 0.3 is 0 Å². The van der Waals surface area contributed by atoms with Crippen molar-refractivity contribution in [3.8, 4) is 0 Å². The van der Waals surface area contributed by atoms with E-state index in [1.807, 2.05) is 0 Å². The Morgan fingerprint density at radius 1 is 1.33 bits per heavy atom. The minimum absolute atomic E-state index is 0.0435. The molecular weight excluding hydrogens is 334 g/mol. The molecule has 7 nitrogen and oxygen atoms in total. The number of likely N-dealkylation sites (tertiary alicyclic amines) is 1. The number of benzene rings is 1. The third-order valence-corrected chi connectivity index (χ3v) is 4.01. The SMILES string of the molecule is O=C(C=Cc1ccc(Cl)c([N+](=O)[O-])c1)NCCC(=O)N1CCCC1. The Labute approximate surface area is 144 Å². The molecule has 128 valence electrons. The smallest absolute Gasteiger partial charge is 0.288 e. The largest absolute Gasteiger partial charge is 0.352 e. The number of nitro benzene ring substituents is 1. The lowest BCUT2D eigenvalue weighted by Gasteiger charge is -2.14. The molecule has 0 spiro atoms. The van der Waals surface area contributed by atoms with Gasteiger partial charge in [-0.25, -0.2) is 0 Å². The van der Waals surface area contributed by atoms with Gasteiger partial charge in [-0.2, -0.15) is 0 Å². The molecule has 24 heavy (non-hydrogen) atoms. The van der Waals surface area contributed by atoms with E-state index in [1.54, 1.807) is 11.0 Å². The van der Waals surface area contributed by atoms with Crippen LogP contribution >= 0.6 is 11.6 Å². The zero-order chi connectivity index (χ0) is 17.5. The number of amides is 2. The maximum absolute atomic E-state index is 11.8. The summed E-state index contributed by atoms with van der Waals surface area (Å²) in [7, 11) is 0. The molecule has 1 heterocycles. The van der Waals surface area contributed by atoms with Crippen molar-refractivity contribution in [3.05, 3.63) is 45.0 Å². The quantitative estimate of drug-likeness (QED) is 0.484. The summed E-state index contributed by atoms with van der Waals surface area (Å²) in [6.07, 6.45) is 5.07. The summed E-state index contributed by atoms with van der Waals surface area (Å²) in [5.41, 5.74) is 0.282. The van der Waals surface area contributed by atoms with Gasteiger partial charge in [0.05, 0.1) is 4.92 Å². The molecule has 0 aromatic heterocycles. The lowest BCUT2D eigenvalue weighted by atomic mass is 10.2. The number of rotatable bonds is 6. The second kappa shape index (κ2) is 8.44. The molecule has 1 aliphatic heterocycles. The molecule has 0 aliphatic carbocycles. The topological polar surface area (TPSA) is 92.5 Å². The van der Waals surface area contributed by atoms with Crippen LogP contribution in [0.5, 0.6) is 0 Å². The van der Waals surface area contributed by atoms with Crippen LogP contribution in [0.25, 0.3) is 6.08 Å². The highest BCUT2D eigenvalue weighted by Gasteiger charge is 2.17. The van der Waals surface area contributed by atoms with E-state index in [0.717, 1.165) is 25.9 Å². The highest BCUT2D eigenvalue weighted by atomic mass is 35.5. The molecule has 2 rings (SSSR count). The lowest BCUT2D eigenvalue weighted by Crippen LogP contribution is -2.32. The molecule has 0 atom stereocenters. The third-order valence-electron chi connectivity index (χ3n) is 3.69. The summed E-state index contributed by atoms with van der Waals surface area (Å²) in [5.74, 6) is -0.313. The molecule has 0 bridgehead atoms.